The Labute approximate surface area is 154 Å². The maximum Gasteiger partial charge on any atom is 0.319 e. The normalized spacial score (nSPS) is 16.0. The highest BCUT2D eigenvalue weighted by molar-refractivity contribution is 7.99. The van der Waals surface area contributed by atoms with E-state index in [9.17, 15) is 9.18 Å². The lowest BCUT2D eigenvalue weighted by atomic mass is 10.0. The topological polar surface area (TPSA) is 59.0 Å². The fourth-order valence-electron chi connectivity index (χ4n) is 2.98. The van der Waals surface area contributed by atoms with E-state index in [1.807, 2.05) is 42.6 Å². The van der Waals surface area contributed by atoms with Crippen molar-refractivity contribution in [2.24, 2.45) is 0 Å². The van der Waals surface area contributed by atoms with E-state index in [1.54, 1.807) is 16.9 Å². The second-order valence-corrected chi connectivity index (χ2v) is 7.05. The summed E-state index contributed by atoms with van der Waals surface area (Å²) in [4.78, 5) is 13.0. The zero-order valence-electron chi connectivity index (χ0n) is 13.9. The number of hydrogen-bond donors (Lipinski definition) is 2. The van der Waals surface area contributed by atoms with Crippen molar-refractivity contribution in [3.63, 3.8) is 0 Å². The van der Waals surface area contributed by atoms with Gasteiger partial charge in [0, 0.05) is 28.7 Å². The van der Waals surface area contributed by atoms with E-state index in [0.717, 1.165) is 23.4 Å². The minimum atomic E-state index is -0.302. The molecule has 2 heterocycles. The zero-order chi connectivity index (χ0) is 17.9. The van der Waals surface area contributed by atoms with E-state index in [2.05, 4.69) is 15.7 Å². The lowest BCUT2D eigenvalue weighted by Gasteiger charge is -2.26. The second-order valence-electron chi connectivity index (χ2n) is 5.94. The van der Waals surface area contributed by atoms with Crippen LogP contribution in [0.25, 0.3) is 5.69 Å². The maximum absolute atomic E-state index is 13.9. The van der Waals surface area contributed by atoms with E-state index in [0.29, 0.717) is 10.6 Å². The molecule has 0 radical (unpaired) electrons. The molecule has 0 saturated carbocycles. The molecule has 3 aromatic rings. The molecule has 0 bridgehead atoms. The molecule has 2 N–H and O–H groups in total. The lowest BCUT2D eigenvalue weighted by molar-refractivity contribution is 0.248. The van der Waals surface area contributed by atoms with Crippen LogP contribution in [0, 0.1) is 5.82 Å². The summed E-state index contributed by atoms with van der Waals surface area (Å²) in [5.41, 5.74) is 2.43. The van der Waals surface area contributed by atoms with Gasteiger partial charge in [0.05, 0.1) is 11.7 Å². The second kappa shape index (κ2) is 7.21. The van der Waals surface area contributed by atoms with Crippen LogP contribution in [0.5, 0.6) is 0 Å². The number of thioether (sulfide) groups is 1. The van der Waals surface area contributed by atoms with Gasteiger partial charge < -0.3 is 10.6 Å². The number of carbonyl (C=O) groups is 1. The first kappa shape index (κ1) is 16.7. The zero-order valence-corrected chi connectivity index (χ0v) is 14.7. The Balaban J connectivity index is 1.43. The molecule has 1 aliphatic rings. The molecule has 1 atom stereocenters. The number of urea groups is 1. The van der Waals surface area contributed by atoms with Crippen LogP contribution in [-0.4, -0.2) is 21.6 Å². The monoisotopic (exact) mass is 368 g/mol. The van der Waals surface area contributed by atoms with E-state index in [1.165, 1.54) is 17.8 Å². The van der Waals surface area contributed by atoms with Gasteiger partial charge in [-0.1, -0.05) is 12.1 Å². The third-order valence-electron chi connectivity index (χ3n) is 4.23. The Morgan fingerprint density at radius 1 is 1.19 bits per heavy atom. The molecule has 1 unspecified atom stereocenters. The van der Waals surface area contributed by atoms with Crippen LogP contribution in [0.4, 0.5) is 14.9 Å². The molecule has 132 valence electrons. The van der Waals surface area contributed by atoms with Crippen molar-refractivity contribution in [1.82, 2.24) is 15.1 Å². The van der Waals surface area contributed by atoms with E-state index in [-0.39, 0.29) is 17.9 Å². The summed E-state index contributed by atoms with van der Waals surface area (Å²) in [6.45, 7) is 0. The number of nitrogens with zero attached hydrogens (tertiary/aromatic N) is 2. The van der Waals surface area contributed by atoms with E-state index < -0.39 is 0 Å². The minimum absolute atomic E-state index is 0.190. The number of rotatable bonds is 3. The number of nitrogens with one attached hydrogen (secondary N) is 2. The van der Waals surface area contributed by atoms with Gasteiger partial charge in [0.1, 0.15) is 5.82 Å². The molecule has 7 heteroatoms. The largest absolute Gasteiger partial charge is 0.331 e. The third-order valence-corrected chi connectivity index (χ3v) is 5.38. The standard InChI is InChI=1S/C19H17FN4OS/c20-16-4-1-3-15-17(9-12-26-18(15)16)23-19(25)22-13-5-7-14(8-6-13)24-11-2-10-21-24/h1-8,10-11,17H,9,12H2,(H2,22,23,25). The highest BCUT2D eigenvalue weighted by Gasteiger charge is 2.24. The average Bonchev–Trinajstić information content (AvgIpc) is 3.18. The van der Waals surface area contributed by atoms with Crippen LogP contribution in [-0.2, 0) is 0 Å². The number of anilines is 1. The van der Waals surface area contributed by atoms with Crippen molar-refractivity contribution < 1.29 is 9.18 Å². The van der Waals surface area contributed by atoms with Crippen LogP contribution in [0.15, 0.2) is 65.8 Å². The predicted molar refractivity (Wildman–Crippen MR) is 100 cm³/mol. The molecule has 26 heavy (non-hydrogen) atoms. The molecule has 1 aliphatic heterocycles. The molecular formula is C19H17FN4OS. The Hall–Kier alpha value is -2.80. The average molecular weight is 368 g/mol. The number of aromatic nitrogens is 2. The minimum Gasteiger partial charge on any atom is -0.331 e. The van der Waals surface area contributed by atoms with Gasteiger partial charge in [0.2, 0.25) is 0 Å². The van der Waals surface area contributed by atoms with Gasteiger partial charge in [-0.15, -0.1) is 11.8 Å². The molecule has 0 saturated heterocycles. The molecule has 2 aromatic carbocycles. The molecular weight excluding hydrogens is 351 g/mol. The summed E-state index contributed by atoms with van der Waals surface area (Å²) in [6.07, 6.45) is 4.34. The van der Waals surface area contributed by atoms with Crippen LogP contribution in [0.3, 0.4) is 0 Å². The van der Waals surface area contributed by atoms with Gasteiger partial charge in [0.15, 0.2) is 0 Å². The highest BCUT2D eigenvalue weighted by Crippen LogP contribution is 2.37. The number of fused-ring (bicyclic) bond motifs is 1. The summed E-state index contributed by atoms with van der Waals surface area (Å²) in [5.74, 6) is 0.547. The van der Waals surface area contributed by atoms with Gasteiger partial charge in [-0.05, 0) is 48.4 Å². The fourth-order valence-corrected chi connectivity index (χ4v) is 4.12. The highest BCUT2D eigenvalue weighted by atomic mass is 32.2. The number of hydrogen-bond acceptors (Lipinski definition) is 3. The number of benzene rings is 2. The number of carbonyl (C=O) groups excluding carboxylic acids is 1. The molecule has 2 amide bonds. The van der Waals surface area contributed by atoms with Crippen LogP contribution in [0.2, 0.25) is 0 Å². The van der Waals surface area contributed by atoms with Gasteiger partial charge >= 0.3 is 6.03 Å². The van der Waals surface area contributed by atoms with Crippen molar-refractivity contribution in [2.75, 3.05) is 11.1 Å². The predicted octanol–water partition coefficient (Wildman–Crippen LogP) is 4.37. The SMILES string of the molecule is O=C(Nc1ccc(-n2cccn2)cc1)NC1CCSc2c(F)cccc21. The first-order valence-corrected chi connectivity index (χ1v) is 9.28. The van der Waals surface area contributed by atoms with Crippen molar-refractivity contribution in [2.45, 2.75) is 17.4 Å². The summed E-state index contributed by atoms with van der Waals surface area (Å²) in [5, 5.41) is 9.94. The van der Waals surface area contributed by atoms with Crippen LogP contribution in [0.1, 0.15) is 18.0 Å². The first-order chi connectivity index (χ1) is 12.7. The van der Waals surface area contributed by atoms with Gasteiger partial charge in [0.25, 0.3) is 0 Å². The van der Waals surface area contributed by atoms with Crippen molar-refractivity contribution >= 4 is 23.5 Å². The van der Waals surface area contributed by atoms with Crippen LogP contribution >= 0.6 is 11.8 Å². The Bertz CT molecular complexity index is 912. The fraction of sp³-hybridized carbons (Fsp3) is 0.158. The lowest BCUT2D eigenvalue weighted by Crippen LogP contribution is -2.34. The summed E-state index contributed by atoms with van der Waals surface area (Å²) in [7, 11) is 0. The number of amides is 2. The summed E-state index contributed by atoms with van der Waals surface area (Å²) in [6, 6.07) is 13.8. The van der Waals surface area contributed by atoms with Gasteiger partial charge in [-0.25, -0.2) is 13.9 Å². The maximum atomic E-state index is 13.9. The quantitative estimate of drug-likeness (QED) is 0.722. The Morgan fingerprint density at radius 3 is 2.81 bits per heavy atom. The smallest absolute Gasteiger partial charge is 0.319 e. The molecule has 0 spiro atoms. The molecule has 0 fully saturated rings. The summed E-state index contributed by atoms with van der Waals surface area (Å²) >= 11 is 1.50. The van der Waals surface area contributed by atoms with Crippen molar-refractivity contribution in [3.05, 3.63) is 72.3 Å². The number of halogens is 1. The van der Waals surface area contributed by atoms with Crippen molar-refractivity contribution in [3.8, 4) is 5.69 Å². The molecule has 4 rings (SSSR count). The van der Waals surface area contributed by atoms with Gasteiger partial charge in [-0.3, -0.25) is 0 Å². The molecule has 5 nitrogen and oxygen atoms in total. The van der Waals surface area contributed by atoms with E-state index in [4.69, 9.17) is 0 Å². The first-order valence-electron chi connectivity index (χ1n) is 8.29. The van der Waals surface area contributed by atoms with Gasteiger partial charge in [-0.2, -0.15) is 5.10 Å². The Kier molecular flexibility index (Phi) is 4.62. The van der Waals surface area contributed by atoms with Crippen molar-refractivity contribution in [1.29, 1.82) is 0 Å². The third kappa shape index (κ3) is 3.43. The van der Waals surface area contributed by atoms with Crippen LogP contribution < -0.4 is 10.6 Å². The molecule has 0 aliphatic carbocycles. The van der Waals surface area contributed by atoms with E-state index >= 15 is 0 Å². The summed E-state index contributed by atoms with van der Waals surface area (Å²) < 4.78 is 15.7. The molecule has 1 aromatic heterocycles. The Morgan fingerprint density at radius 2 is 2.04 bits per heavy atom.